The van der Waals surface area contributed by atoms with E-state index in [9.17, 15) is 4.79 Å². The Labute approximate surface area is 112 Å². The third-order valence-electron chi connectivity index (χ3n) is 4.01. The molecule has 94 valence electrons. The van der Waals surface area contributed by atoms with Crippen molar-refractivity contribution in [1.29, 1.82) is 0 Å². The fourth-order valence-electron chi connectivity index (χ4n) is 2.82. The third-order valence-corrected chi connectivity index (χ3v) is 4.43. The summed E-state index contributed by atoms with van der Waals surface area (Å²) in [7, 11) is 0. The Morgan fingerprint density at radius 1 is 1.33 bits per heavy atom. The number of aryl methyl sites for hydroxylation is 1. The zero-order chi connectivity index (χ0) is 12.9. The highest BCUT2D eigenvalue weighted by Gasteiger charge is 2.45. The van der Waals surface area contributed by atoms with Crippen molar-refractivity contribution >= 4 is 28.9 Å². The number of nitrogens with zero attached hydrogens (tertiary/aromatic N) is 2. The van der Waals surface area contributed by atoms with E-state index in [1.807, 2.05) is 19.1 Å². The maximum Gasteiger partial charge on any atom is 0.256 e. The van der Waals surface area contributed by atoms with E-state index in [4.69, 9.17) is 12.2 Å². The van der Waals surface area contributed by atoms with E-state index in [2.05, 4.69) is 17.9 Å². The van der Waals surface area contributed by atoms with Crippen LogP contribution in [-0.4, -0.2) is 28.5 Å². The van der Waals surface area contributed by atoms with E-state index in [1.54, 1.807) is 4.90 Å². The summed E-state index contributed by atoms with van der Waals surface area (Å²) >= 11 is 5.47. The number of amides is 1. The first-order valence-corrected chi connectivity index (χ1v) is 6.73. The Kier molecular flexibility index (Phi) is 2.63. The van der Waals surface area contributed by atoms with E-state index in [0.29, 0.717) is 5.11 Å². The lowest BCUT2D eigenvalue weighted by Gasteiger charge is -2.21. The Morgan fingerprint density at radius 2 is 2.11 bits per heavy atom. The molecule has 0 saturated carbocycles. The predicted molar refractivity (Wildman–Crippen MR) is 75.7 cm³/mol. The number of hydrogen-bond acceptors (Lipinski definition) is 2. The van der Waals surface area contributed by atoms with Crippen molar-refractivity contribution in [3.63, 3.8) is 0 Å². The molecule has 2 heterocycles. The second-order valence-corrected chi connectivity index (χ2v) is 5.39. The van der Waals surface area contributed by atoms with Gasteiger partial charge in [-0.2, -0.15) is 0 Å². The molecule has 1 aromatic carbocycles. The quantitative estimate of drug-likeness (QED) is 0.724. The average molecular weight is 260 g/mol. The van der Waals surface area contributed by atoms with Crippen LogP contribution in [0.25, 0.3) is 0 Å². The van der Waals surface area contributed by atoms with E-state index < -0.39 is 0 Å². The lowest BCUT2D eigenvalue weighted by atomic mass is 10.1. The zero-order valence-corrected chi connectivity index (χ0v) is 11.5. The molecule has 3 nitrogen and oxygen atoms in total. The summed E-state index contributed by atoms with van der Waals surface area (Å²) in [6.07, 6.45) is 2.00. The first-order chi connectivity index (χ1) is 8.61. The monoisotopic (exact) mass is 260 g/mol. The van der Waals surface area contributed by atoms with Crippen LogP contribution in [0.4, 0.5) is 5.69 Å². The normalized spacial score (nSPS) is 22.9. The molecular weight excluding hydrogens is 244 g/mol. The molecule has 0 bridgehead atoms. The van der Waals surface area contributed by atoms with Crippen molar-refractivity contribution in [3.05, 3.63) is 29.3 Å². The summed E-state index contributed by atoms with van der Waals surface area (Å²) in [6, 6.07) is 6.01. The smallest absolute Gasteiger partial charge is 0.256 e. The summed E-state index contributed by atoms with van der Waals surface area (Å²) in [5.74, 6) is 0.145. The first-order valence-electron chi connectivity index (χ1n) is 6.32. The molecule has 2 saturated heterocycles. The minimum absolute atomic E-state index is 0.0163. The molecule has 2 fully saturated rings. The fraction of sp³-hybridized carbons (Fsp3) is 0.429. The second kappa shape index (κ2) is 4.05. The van der Waals surface area contributed by atoms with Gasteiger partial charge in [0, 0.05) is 6.54 Å². The van der Waals surface area contributed by atoms with Gasteiger partial charge in [-0.05, 0) is 56.1 Å². The van der Waals surface area contributed by atoms with Crippen LogP contribution in [0.15, 0.2) is 18.2 Å². The number of carbonyl (C=O) groups excluding carboxylic acids is 1. The second-order valence-electron chi connectivity index (χ2n) is 5.03. The van der Waals surface area contributed by atoms with E-state index in [0.717, 1.165) is 30.6 Å². The van der Waals surface area contributed by atoms with Gasteiger partial charge >= 0.3 is 0 Å². The minimum atomic E-state index is -0.0163. The van der Waals surface area contributed by atoms with Crippen molar-refractivity contribution in [2.24, 2.45) is 0 Å². The van der Waals surface area contributed by atoms with Crippen LogP contribution in [0.2, 0.25) is 0 Å². The van der Waals surface area contributed by atoms with E-state index in [1.165, 1.54) is 5.56 Å². The molecular formula is C14H16N2OS. The maximum atomic E-state index is 12.5. The Morgan fingerprint density at radius 3 is 2.83 bits per heavy atom. The summed E-state index contributed by atoms with van der Waals surface area (Å²) in [4.78, 5) is 16.3. The van der Waals surface area contributed by atoms with Gasteiger partial charge in [-0.15, -0.1) is 0 Å². The van der Waals surface area contributed by atoms with Crippen LogP contribution in [0.5, 0.6) is 0 Å². The zero-order valence-electron chi connectivity index (χ0n) is 10.6. The van der Waals surface area contributed by atoms with Gasteiger partial charge in [-0.3, -0.25) is 9.69 Å². The van der Waals surface area contributed by atoms with Gasteiger partial charge in [-0.1, -0.05) is 12.1 Å². The van der Waals surface area contributed by atoms with Gasteiger partial charge in [0.15, 0.2) is 5.11 Å². The van der Waals surface area contributed by atoms with Crippen LogP contribution in [0.1, 0.15) is 24.0 Å². The highest BCUT2D eigenvalue weighted by molar-refractivity contribution is 7.80. The van der Waals surface area contributed by atoms with Gasteiger partial charge in [0.1, 0.15) is 6.04 Å². The number of rotatable bonds is 1. The van der Waals surface area contributed by atoms with Crippen molar-refractivity contribution < 1.29 is 4.79 Å². The number of anilines is 1. The molecule has 0 unspecified atom stereocenters. The van der Waals surface area contributed by atoms with Crippen molar-refractivity contribution in [1.82, 2.24) is 4.90 Å². The Hall–Kier alpha value is -1.42. The molecule has 1 aromatic rings. The topological polar surface area (TPSA) is 23.6 Å². The highest BCUT2D eigenvalue weighted by atomic mass is 32.1. The van der Waals surface area contributed by atoms with Crippen LogP contribution in [-0.2, 0) is 4.79 Å². The van der Waals surface area contributed by atoms with Crippen molar-refractivity contribution in [2.45, 2.75) is 32.7 Å². The fourth-order valence-corrected chi connectivity index (χ4v) is 3.23. The van der Waals surface area contributed by atoms with Gasteiger partial charge in [0.2, 0.25) is 0 Å². The molecule has 18 heavy (non-hydrogen) atoms. The van der Waals surface area contributed by atoms with Gasteiger partial charge in [-0.25, -0.2) is 0 Å². The van der Waals surface area contributed by atoms with Crippen LogP contribution < -0.4 is 4.90 Å². The van der Waals surface area contributed by atoms with Crippen LogP contribution in [0, 0.1) is 13.8 Å². The Balaban J connectivity index is 2.05. The molecule has 0 spiro atoms. The SMILES string of the molecule is Cc1cccc(N2C(=O)[C@@H]3CCCN3C2=S)c1C. The summed E-state index contributed by atoms with van der Waals surface area (Å²) < 4.78 is 0. The number of benzene rings is 1. The number of thiocarbonyl (C=S) groups is 1. The molecule has 1 amide bonds. The summed E-state index contributed by atoms with van der Waals surface area (Å²) in [5.41, 5.74) is 3.27. The molecule has 0 aliphatic carbocycles. The molecule has 4 heteroatoms. The first kappa shape index (κ1) is 11.7. The lowest BCUT2D eigenvalue weighted by molar-refractivity contribution is -0.119. The van der Waals surface area contributed by atoms with Crippen molar-refractivity contribution in [3.8, 4) is 0 Å². The van der Waals surface area contributed by atoms with Gasteiger partial charge < -0.3 is 4.90 Å². The molecule has 0 radical (unpaired) electrons. The lowest BCUT2D eigenvalue weighted by Crippen LogP contribution is -2.33. The highest BCUT2D eigenvalue weighted by Crippen LogP contribution is 2.33. The van der Waals surface area contributed by atoms with Crippen molar-refractivity contribution in [2.75, 3.05) is 11.4 Å². The number of fused-ring (bicyclic) bond motifs is 1. The average Bonchev–Trinajstić information content (AvgIpc) is 2.90. The molecule has 1 atom stereocenters. The number of hydrogen-bond donors (Lipinski definition) is 0. The molecule has 2 aliphatic rings. The van der Waals surface area contributed by atoms with E-state index in [-0.39, 0.29) is 11.9 Å². The van der Waals surface area contributed by atoms with Crippen LogP contribution in [0.3, 0.4) is 0 Å². The third kappa shape index (κ3) is 1.48. The Bertz CT molecular complexity index is 519. The van der Waals surface area contributed by atoms with Gasteiger partial charge in [0.25, 0.3) is 5.91 Å². The van der Waals surface area contributed by atoms with E-state index >= 15 is 0 Å². The molecule has 3 rings (SSSR count). The summed E-state index contributed by atoms with van der Waals surface area (Å²) in [5, 5.41) is 0.677. The largest absolute Gasteiger partial charge is 0.336 e. The predicted octanol–water partition coefficient (Wildman–Crippen LogP) is 2.40. The number of carbonyl (C=O) groups is 1. The maximum absolute atomic E-state index is 12.5. The molecule has 0 aromatic heterocycles. The minimum Gasteiger partial charge on any atom is -0.336 e. The van der Waals surface area contributed by atoms with Crippen LogP contribution >= 0.6 is 12.2 Å². The standard InChI is InChI=1S/C14H16N2OS/c1-9-5-3-6-11(10(9)2)16-13(17)12-7-4-8-15(12)14(16)18/h3,5-6,12H,4,7-8H2,1-2H3/t12-/m0/s1. The van der Waals surface area contributed by atoms with Gasteiger partial charge in [0.05, 0.1) is 5.69 Å². The molecule has 2 aliphatic heterocycles. The summed E-state index contributed by atoms with van der Waals surface area (Å²) in [6.45, 7) is 5.02. The molecule has 0 N–H and O–H groups in total.